The fourth-order valence-corrected chi connectivity index (χ4v) is 2.95. The molecule has 0 spiro atoms. The van der Waals surface area contributed by atoms with E-state index in [0.29, 0.717) is 6.42 Å². The Morgan fingerprint density at radius 3 is 2.39 bits per heavy atom. The second-order valence-electron chi connectivity index (χ2n) is 5.84. The molecule has 0 amide bonds. The first kappa shape index (κ1) is 15.1. The van der Waals surface area contributed by atoms with Gasteiger partial charge in [-0.3, -0.25) is 0 Å². The first-order chi connectivity index (χ1) is 11.3. The summed E-state index contributed by atoms with van der Waals surface area (Å²) in [6.45, 7) is 3.77. The van der Waals surface area contributed by atoms with Crippen molar-refractivity contribution in [1.82, 2.24) is 0 Å². The topological polar surface area (TPSA) is 23.8 Å². The Kier molecular flexibility index (Phi) is 4.26. The van der Waals surface area contributed by atoms with Gasteiger partial charge in [-0.05, 0) is 35.1 Å². The number of benzene rings is 2. The number of hydrogen-bond acceptors (Lipinski definition) is 1. The molecule has 0 N–H and O–H groups in total. The standard InChI is InChI=1S/C22H19N/c1-2-6-18-9-11-19(12-10-18)20-13-15-22(17-23,16-14-20)21-7-4-3-5-8-21/h2-5,7-15H,1,6,16H2. The lowest BCUT2D eigenvalue weighted by Gasteiger charge is -2.25. The molecule has 0 aliphatic heterocycles. The average molecular weight is 297 g/mol. The zero-order valence-electron chi connectivity index (χ0n) is 13.1. The molecule has 3 rings (SSSR count). The van der Waals surface area contributed by atoms with Crippen LogP contribution in [0.5, 0.6) is 0 Å². The zero-order valence-corrected chi connectivity index (χ0v) is 13.1. The molecule has 0 radical (unpaired) electrons. The smallest absolute Gasteiger partial charge is 0.104 e. The van der Waals surface area contributed by atoms with Crippen LogP contribution < -0.4 is 0 Å². The van der Waals surface area contributed by atoms with E-state index in [9.17, 15) is 5.26 Å². The Hall–Kier alpha value is -2.85. The van der Waals surface area contributed by atoms with Gasteiger partial charge in [0.1, 0.15) is 5.41 Å². The molecule has 1 aliphatic rings. The first-order valence-corrected chi connectivity index (χ1v) is 7.84. The molecule has 0 saturated heterocycles. The van der Waals surface area contributed by atoms with Gasteiger partial charge in [0, 0.05) is 0 Å². The van der Waals surface area contributed by atoms with Crippen LogP contribution >= 0.6 is 0 Å². The van der Waals surface area contributed by atoms with E-state index in [0.717, 1.165) is 12.0 Å². The molecule has 0 saturated carbocycles. The summed E-state index contributed by atoms with van der Waals surface area (Å²) in [6.07, 6.45) is 9.78. The van der Waals surface area contributed by atoms with Crippen LogP contribution in [0.4, 0.5) is 0 Å². The number of rotatable bonds is 4. The molecule has 0 fully saturated rings. The van der Waals surface area contributed by atoms with Gasteiger partial charge in [-0.15, -0.1) is 6.58 Å². The van der Waals surface area contributed by atoms with Crippen molar-refractivity contribution in [3.05, 3.63) is 102 Å². The average Bonchev–Trinajstić information content (AvgIpc) is 2.63. The Morgan fingerprint density at radius 2 is 1.83 bits per heavy atom. The van der Waals surface area contributed by atoms with Crippen molar-refractivity contribution in [2.75, 3.05) is 0 Å². The molecule has 1 unspecified atom stereocenters. The molecule has 1 nitrogen and oxygen atoms in total. The van der Waals surface area contributed by atoms with Gasteiger partial charge in [0.15, 0.2) is 0 Å². The lowest BCUT2D eigenvalue weighted by Crippen LogP contribution is -2.22. The van der Waals surface area contributed by atoms with Gasteiger partial charge in [-0.2, -0.15) is 5.26 Å². The SMILES string of the molecule is C=CCc1ccc(C2=CCC(C#N)(c3ccccc3)C=C2)cc1. The molecule has 1 atom stereocenters. The summed E-state index contributed by atoms with van der Waals surface area (Å²) in [5, 5.41) is 9.71. The normalized spacial score (nSPS) is 19.7. The van der Waals surface area contributed by atoms with Gasteiger partial charge >= 0.3 is 0 Å². The molecule has 2 aromatic carbocycles. The third-order valence-corrected chi connectivity index (χ3v) is 4.35. The van der Waals surface area contributed by atoms with E-state index in [1.807, 2.05) is 42.5 Å². The number of allylic oxidation sites excluding steroid dienone is 5. The maximum Gasteiger partial charge on any atom is 0.104 e. The predicted molar refractivity (Wildman–Crippen MR) is 95.8 cm³/mol. The quantitative estimate of drug-likeness (QED) is 0.710. The van der Waals surface area contributed by atoms with Gasteiger partial charge in [0.25, 0.3) is 0 Å². The van der Waals surface area contributed by atoms with Crippen molar-refractivity contribution in [1.29, 1.82) is 5.26 Å². The second-order valence-corrected chi connectivity index (χ2v) is 5.84. The third-order valence-electron chi connectivity index (χ3n) is 4.35. The minimum Gasteiger partial charge on any atom is -0.197 e. The van der Waals surface area contributed by atoms with Crippen molar-refractivity contribution in [3.8, 4) is 6.07 Å². The predicted octanol–water partition coefficient (Wildman–Crippen LogP) is 5.22. The highest BCUT2D eigenvalue weighted by Crippen LogP contribution is 2.35. The minimum absolute atomic E-state index is 0.548. The zero-order chi connectivity index (χ0) is 16.1. The van der Waals surface area contributed by atoms with Gasteiger partial charge in [-0.25, -0.2) is 0 Å². The van der Waals surface area contributed by atoms with Crippen LogP contribution in [-0.2, 0) is 11.8 Å². The Labute approximate surface area is 137 Å². The van der Waals surface area contributed by atoms with Crippen molar-refractivity contribution in [2.24, 2.45) is 0 Å². The van der Waals surface area contributed by atoms with Gasteiger partial charge < -0.3 is 0 Å². The summed E-state index contributed by atoms with van der Waals surface area (Å²) < 4.78 is 0. The summed E-state index contributed by atoms with van der Waals surface area (Å²) in [7, 11) is 0. The van der Waals surface area contributed by atoms with Crippen molar-refractivity contribution >= 4 is 5.57 Å². The van der Waals surface area contributed by atoms with E-state index in [2.05, 4.69) is 49.1 Å². The highest BCUT2D eigenvalue weighted by Gasteiger charge is 2.30. The van der Waals surface area contributed by atoms with Gasteiger partial charge in [0.2, 0.25) is 0 Å². The van der Waals surface area contributed by atoms with E-state index >= 15 is 0 Å². The fourth-order valence-electron chi connectivity index (χ4n) is 2.95. The highest BCUT2D eigenvalue weighted by atomic mass is 14.4. The lowest BCUT2D eigenvalue weighted by molar-refractivity contribution is 0.693. The summed E-state index contributed by atoms with van der Waals surface area (Å²) in [6, 6.07) is 21.0. The summed E-state index contributed by atoms with van der Waals surface area (Å²) in [5.41, 5.74) is 4.13. The molecule has 2 aromatic rings. The molecule has 0 heterocycles. The third kappa shape index (κ3) is 3.03. The van der Waals surface area contributed by atoms with Crippen molar-refractivity contribution in [3.63, 3.8) is 0 Å². The second kappa shape index (κ2) is 6.50. The number of nitrogens with zero attached hydrogens (tertiary/aromatic N) is 1. The molecule has 0 aromatic heterocycles. The minimum atomic E-state index is -0.548. The molecular formula is C22H19N. The van der Waals surface area contributed by atoms with E-state index in [1.54, 1.807) is 0 Å². The maximum atomic E-state index is 9.71. The molecule has 1 heteroatoms. The van der Waals surface area contributed by atoms with Crippen LogP contribution in [-0.4, -0.2) is 0 Å². The van der Waals surface area contributed by atoms with E-state index in [4.69, 9.17) is 0 Å². The van der Waals surface area contributed by atoms with Crippen LogP contribution in [0.2, 0.25) is 0 Å². The van der Waals surface area contributed by atoms with Crippen LogP contribution in [0.1, 0.15) is 23.1 Å². The summed E-state index contributed by atoms with van der Waals surface area (Å²) in [4.78, 5) is 0. The summed E-state index contributed by atoms with van der Waals surface area (Å²) in [5.74, 6) is 0. The van der Waals surface area contributed by atoms with E-state index in [1.165, 1.54) is 16.7 Å². The molecule has 0 bridgehead atoms. The molecule has 23 heavy (non-hydrogen) atoms. The van der Waals surface area contributed by atoms with Gasteiger partial charge in [0.05, 0.1) is 6.07 Å². The largest absolute Gasteiger partial charge is 0.197 e. The van der Waals surface area contributed by atoms with Crippen LogP contribution in [0.15, 0.2) is 85.5 Å². The molecule has 112 valence electrons. The van der Waals surface area contributed by atoms with E-state index < -0.39 is 5.41 Å². The van der Waals surface area contributed by atoms with Crippen molar-refractivity contribution < 1.29 is 0 Å². The monoisotopic (exact) mass is 297 g/mol. The van der Waals surface area contributed by atoms with Crippen LogP contribution in [0, 0.1) is 11.3 Å². The van der Waals surface area contributed by atoms with Crippen molar-refractivity contribution in [2.45, 2.75) is 18.3 Å². The maximum absolute atomic E-state index is 9.71. The van der Waals surface area contributed by atoms with Crippen LogP contribution in [0.3, 0.4) is 0 Å². The van der Waals surface area contributed by atoms with Crippen LogP contribution in [0.25, 0.3) is 5.57 Å². The molecule has 1 aliphatic carbocycles. The summed E-state index contributed by atoms with van der Waals surface area (Å²) >= 11 is 0. The fraction of sp³-hybridized carbons (Fsp3) is 0.136. The first-order valence-electron chi connectivity index (χ1n) is 7.84. The number of hydrogen-bond donors (Lipinski definition) is 0. The Balaban J connectivity index is 1.85. The Bertz CT molecular complexity index is 788. The Morgan fingerprint density at radius 1 is 1.09 bits per heavy atom. The lowest BCUT2D eigenvalue weighted by atomic mass is 9.75. The van der Waals surface area contributed by atoms with E-state index in [-0.39, 0.29) is 0 Å². The molecular weight excluding hydrogens is 278 g/mol. The van der Waals surface area contributed by atoms with Gasteiger partial charge in [-0.1, -0.05) is 78.9 Å². The highest BCUT2D eigenvalue weighted by molar-refractivity contribution is 5.76. The number of nitriles is 1.